The molecule has 7 heteroatoms. The van der Waals surface area contributed by atoms with Crippen LogP contribution in [0.1, 0.15) is 29.8 Å². The highest BCUT2D eigenvalue weighted by molar-refractivity contribution is 5.54. The summed E-state index contributed by atoms with van der Waals surface area (Å²) in [6, 6.07) is 9.35. The molecule has 2 N–H and O–H groups in total. The number of aliphatic hydroxyl groups excluding tert-OH is 1. The van der Waals surface area contributed by atoms with Crippen LogP contribution in [0.5, 0.6) is 5.75 Å². The van der Waals surface area contributed by atoms with Crippen LogP contribution in [-0.2, 0) is 6.42 Å². The Kier molecular flexibility index (Phi) is 5.00. The summed E-state index contributed by atoms with van der Waals surface area (Å²) in [7, 11) is 1.59. The maximum absolute atomic E-state index is 12.3. The molecule has 3 rings (SSSR count). The molecule has 0 bridgehead atoms. The molecule has 0 radical (unpaired) electrons. The van der Waals surface area contributed by atoms with Crippen LogP contribution in [0.25, 0.3) is 0 Å². The first-order chi connectivity index (χ1) is 12.2. The van der Waals surface area contributed by atoms with Gasteiger partial charge in [0.2, 0.25) is 0 Å². The quantitative estimate of drug-likeness (QED) is 0.848. The maximum Gasteiger partial charge on any atom is 0.271 e. The average molecular weight is 340 g/mol. The number of aliphatic hydroxyl groups is 1. The van der Waals surface area contributed by atoms with E-state index < -0.39 is 5.56 Å². The first kappa shape index (κ1) is 17.0. The molecule has 0 amide bonds. The third kappa shape index (κ3) is 3.35. The number of nitriles is 1. The summed E-state index contributed by atoms with van der Waals surface area (Å²) in [4.78, 5) is 21.4. The lowest BCUT2D eigenvalue weighted by atomic mass is 10.1. The van der Waals surface area contributed by atoms with Crippen molar-refractivity contribution in [2.24, 2.45) is 0 Å². The van der Waals surface area contributed by atoms with Gasteiger partial charge in [-0.05, 0) is 18.9 Å². The van der Waals surface area contributed by atoms with Crippen molar-refractivity contribution < 1.29 is 9.84 Å². The monoisotopic (exact) mass is 340 g/mol. The summed E-state index contributed by atoms with van der Waals surface area (Å²) < 4.78 is 5.34. The molecule has 1 aromatic carbocycles. The molecule has 130 valence electrons. The molecule has 25 heavy (non-hydrogen) atoms. The van der Waals surface area contributed by atoms with Crippen molar-refractivity contribution in [1.29, 1.82) is 5.26 Å². The number of hydrogen-bond donors (Lipinski definition) is 2. The zero-order valence-corrected chi connectivity index (χ0v) is 14.0. The van der Waals surface area contributed by atoms with Crippen LogP contribution in [0, 0.1) is 11.3 Å². The predicted octanol–water partition coefficient (Wildman–Crippen LogP) is 1.20. The normalized spacial score (nSPS) is 16.7. The van der Waals surface area contributed by atoms with Gasteiger partial charge in [-0.25, -0.2) is 4.98 Å². The maximum atomic E-state index is 12.3. The zero-order chi connectivity index (χ0) is 17.8. The molecule has 1 atom stereocenters. The number of nitrogens with zero attached hydrogens (tertiary/aromatic N) is 3. The summed E-state index contributed by atoms with van der Waals surface area (Å²) in [5.41, 5.74) is 0.425. The van der Waals surface area contributed by atoms with E-state index in [1.54, 1.807) is 7.11 Å². The van der Waals surface area contributed by atoms with Crippen molar-refractivity contribution in [3.05, 3.63) is 51.6 Å². The molecule has 0 unspecified atom stereocenters. The second-order valence-electron chi connectivity index (χ2n) is 5.98. The van der Waals surface area contributed by atoms with Gasteiger partial charge in [-0.2, -0.15) is 5.26 Å². The van der Waals surface area contributed by atoms with Crippen LogP contribution >= 0.6 is 0 Å². The predicted molar refractivity (Wildman–Crippen MR) is 92.8 cm³/mol. The first-order valence-corrected chi connectivity index (χ1v) is 8.20. The summed E-state index contributed by atoms with van der Waals surface area (Å²) in [6.07, 6.45) is 2.10. The van der Waals surface area contributed by atoms with Gasteiger partial charge in [0.15, 0.2) is 11.4 Å². The van der Waals surface area contributed by atoms with Crippen LogP contribution in [0.3, 0.4) is 0 Å². The Morgan fingerprint density at radius 2 is 2.28 bits per heavy atom. The van der Waals surface area contributed by atoms with Crippen molar-refractivity contribution in [3.8, 4) is 11.8 Å². The van der Waals surface area contributed by atoms with Gasteiger partial charge < -0.3 is 19.7 Å². The number of aromatic amines is 1. The minimum atomic E-state index is -0.457. The van der Waals surface area contributed by atoms with Crippen LogP contribution < -0.4 is 15.2 Å². The van der Waals surface area contributed by atoms with Crippen LogP contribution in [0.4, 0.5) is 5.82 Å². The second-order valence-corrected chi connectivity index (χ2v) is 5.98. The summed E-state index contributed by atoms with van der Waals surface area (Å²) >= 11 is 0. The largest absolute Gasteiger partial charge is 0.496 e. The smallest absolute Gasteiger partial charge is 0.271 e. The lowest BCUT2D eigenvalue weighted by molar-refractivity contribution is 0.266. The summed E-state index contributed by atoms with van der Waals surface area (Å²) in [5, 5.41) is 18.9. The van der Waals surface area contributed by atoms with Gasteiger partial charge in [0, 0.05) is 18.5 Å². The molecule has 2 aromatic rings. The van der Waals surface area contributed by atoms with Crippen LogP contribution in [0.15, 0.2) is 29.1 Å². The SMILES string of the molecule is COc1ccccc1Cc1nc(N2CCC[C@H]2CO)c(C#N)c(=O)[nH]1. The van der Waals surface area contributed by atoms with Crippen molar-refractivity contribution in [1.82, 2.24) is 9.97 Å². The van der Waals surface area contributed by atoms with Crippen LogP contribution in [0.2, 0.25) is 0 Å². The number of H-pyrrole nitrogens is 1. The summed E-state index contributed by atoms with van der Waals surface area (Å²) in [6.45, 7) is 0.644. The number of benzene rings is 1. The molecule has 1 aliphatic heterocycles. The van der Waals surface area contributed by atoms with E-state index in [-0.39, 0.29) is 18.2 Å². The van der Waals surface area contributed by atoms with Gasteiger partial charge in [0.1, 0.15) is 17.6 Å². The molecular weight excluding hydrogens is 320 g/mol. The van der Waals surface area contributed by atoms with Gasteiger partial charge in [0.25, 0.3) is 5.56 Å². The number of ether oxygens (including phenoxy) is 1. The van der Waals surface area contributed by atoms with Gasteiger partial charge in [-0.1, -0.05) is 18.2 Å². The molecule has 1 saturated heterocycles. The fourth-order valence-electron chi connectivity index (χ4n) is 3.23. The topological polar surface area (TPSA) is 102 Å². The number of methoxy groups -OCH3 is 1. The third-order valence-corrected chi connectivity index (χ3v) is 4.47. The van der Waals surface area contributed by atoms with Crippen molar-refractivity contribution in [2.75, 3.05) is 25.2 Å². The van der Waals surface area contributed by atoms with E-state index in [1.165, 1.54) is 0 Å². The van der Waals surface area contributed by atoms with E-state index in [2.05, 4.69) is 9.97 Å². The van der Waals surface area contributed by atoms with Crippen molar-refractivity contribution >= 4 is 5.82 Å². The van der Waals surface area contributed by atoms with Crippen molar-refractivity contribution in [3.63, 3.8) is 0 Å². The lowest BCUT2D eigenvalue weighted by Crippen LogP contribution is -2.35. The average Bonchev–Trinajstić information content (AvgIpc) is 3.10. The number of rotatable bonds is 5. The summed E-state index contributed by atoms with van der Waals surface area (Å²) in [5.74, 6) is 1.53. The van der Waals surface area contributed by atoms with Gasteiger partial charge in [-0.15, -0.1) is 0 Å². The Morgan fingerprint density at radius 1 is 1.48 bits per heavy atom. The van der Waals surface area contributed by atoms with E-state index in [0.717, 1.165) is 18.4 Å². The standard InChI is InChI=1S/C18H20N4O3/c1-25-15-7-3-2-5-12(15)9-16-20-17(14(10-19)18(24)21-16)22-8-4-6-13(22)11-23/h2-3,5,7,13,23H,4,6,8-9,11H2,1H3,(H,20,21,24)/t13-/m0/s1. The van der Waals surface area contributed by atoms with Gasteiger partial charge in [0.05, 0.1) is 19.8 Å². The van der Waals surface area contributed by atoms with Gasteiger partial charge in [-0.3, -0.25) is 4.79 Å². The number of anilines is 1. The molecule has 1 aliphatic rings. The Balaban J connectivity index is 2.02. The first-order valence-electron chi connectivity index (χ1n) is 8.20. The van der Waals surface area contributed by atoms with Crippen molar-refractivity contribution in [2.45, 2.75) is 25.3 Å². The lowest BCUT2D eigenvalue weighted by Gasteiger charge is -2.25. The minimum absolute atomic E-state index is 0.0101. The molecule has 0 aliphatic carbocycles. The van der Waals surface area contributed by atoms with E-state index in [0.29, 0.717) is 30.4 Å². The fourth-order valence-corrected chi connectivity index (χ4v) is 3.23. The molecule has 0 saturated carbocycles. The minimum Gasteiger partial charge on any atom is -0.496 e. The number of nitrogens with one attached hydrogen (secondary N) is 1. The van der Waals surface area contributed by atoms with E-state index in [1.807, 2.05) is 35.2 Å². The van der Waals surface area contributed by atoms with Crippen LogP contribution in [-0.4, -0.2) is 41.4 Å². The van der Waals surface area contributed by atoms with E-state index in [9.17, 15) is 15.2 Å². The molecule has 0 spiro atoms. The van der Waals surface area contributed by atoms with E-state index >= 15 is 0 Å². The molecule has 7 nitrogen and oxygen atoms in total. The highest BCUT2D eigenvalue weighted by Crippen LogP contribution is 2.26. The highest BCUT2D eigenvalue weighted by atomic mass is 16.5. The number of hydrogen-bond acceptors (Lipinski definition) is 6. The Bertz CT molecular complexity index is 856. The Morgan fingerprint density at radius 3 is 3.00 bits per heavy atom. The third-order valence-electron chi connectivity index (χ3n) is 4.47. The highest BCUT2D eigenvalue weighted by Gasteiger charge is 2.28. The molecular formula is C18H20N4O3. The number of aromatic nitrogens is 2. The zero-order valence-electron chi connectivity index (χ0n) is 14.0. The Labute approximate surface area is 145 Å². The fraction of sp³-hybridized carbons (Fsp3) is 0.389. The van der Waals surface area contributed by atoms with E-state index in [4.69, 9.17) is 4.74 Å². The van der Waals surface area contributed by atoms with Gasteiger partial charge >= 0.3 is 0 Å². The second kappa shape index (κ2) is 7.36. The number of para-hydroxylation sites is 1. The Hall–Kier alpha value is -2.85. The molecule has 1 fully saturated rings. The molecule has 1 aromatic heterocycles. The molecule has 2 heterocycles.